The molecule has 0 aliphatic rings. The van der Waals surface area contributed by atoms with E-state index in [0.29, 0.717) is 5.92 Å². The summed E-state index contributed by atoms with van der Waals surface area (Å²) in [6.07, 6.45) is -3.38. The van der Waals surface area contributed by atoms with Gasteiger partial charge in [0, 0.05) is 0 Å². The number of alkyl halides is 6. The molecule has 0 heterocycles. The Hall–Kier alpha value is -2.64. The summed E-state index contributed by atoms with van der Waals surface area (Å²) in [5.41, 5.74) is 2.02. The van der Waals surface area contributed by atoms with Gasteiger partial charge in [-0.05, 0) is 60.6 Å². The van der Waals surface area contributed by atoms with Crippen LogP contribution in [0.3, 0.4) is 0 Å². The minimum Gasteiger partial charge on any atom is -0.406 e. The summed E-state index contributed by atoms with van der Waals surface area (Å²) in [7, 11) is 0. The Kier molecular flexibility index (Phi) is 14.0. The maximum absolute atomic E-state index is 11.9. The molecular weight excluding hydrogens is 446 g/mol. The van der Waals surface area contributed by atoms with Gasteiger partial charge in [-0.1, -0.05) is 64.5 Å². The molecule has 0 bridgehead atoms. The van der Waals surface area contributed by atoms with Gasteiger partial charge >= 0.3 is 12.7 Å². The summed E-state index contributed by atoms with van der Waals surface area (Å²) in [5.74, 6) is 0.0228. The highest BCUT2D eigenvalue weighted by Crippen LogP contribution is 2.26. The van der Waals surface area contributed by atoms with Crippen LogP contribution in [0.15, 0.2) is 61.2 Å². The van der Waals surface area contributed by atoms with Gasteiger partial charge in [0.1, 0.15) is 11.5 Å². The Labute approximate surface area is 192 Å². The van der Waals surface area contributed by atoms with E-state index in [2.05, 4.69) is 36.8 Å². The van der Waals surface area contributed by atoms with Crippen LogP contribution in [0.5, 0.6) is 11.5 Å². The fourth-order valence-electron chi connectivity index (χ4n) is 2.52. The maximum atomic E-state index is 11.9. The first-order valence-electron chi connectivity index (χ1n) is 10.7. The highest BCUT2D eigenvalue weighted by molar-refractivity contribution is 5.29. The van der Waals surface area contributed by atoms with Crippen LogP contribution in [0.2, 0.25) is 0 Å². The average Bonchev–Trinajstić information content (AvgIpc) is 2.73. The number of hydrogen-bond acceptors (Lipinski definition) is 2. The van der Waals surface area contributed by atoms with Gasteiger partial charge in [0.15, 0.2) is 0 Å². The minimum absolute atomic E-state index is 0.167. The van der Waals surface area contributed by atoms with Crippen molar-refractivity contribution in [3.05, 3.63) is 72.3 Å². The number of ether oxygens (including phenoxy) is 2. The third kappa shape index (κ3) is 15.7. The van der Waals surface area contributed by atoms with Crippen LogP contribution in [0.25, 0.3) is 0 Å². The van der Waals surface area contributed by atoms with Gasteiger partial charge in [-0.3, -0.25) is 0 Å². The van der Waals surface area contributed by atoms with E-state index < -0.39 is 12.7 Å². The van der Waals surface area contributed by atoms with Crippen molar-refractivity contribution in [3.63, 3.8) is 0 Å². The predicted octanol–water partition coefficient (Wildman–Crippen LogP) is 9.22. The smallest absolute Gasteiger partial charge is 0.406 e. The van der Waals surface area contributed by atoms with Gasteiger partial charge in [-0.25, -0.2) is 0 Å². The maximum Gasteiger partial charge on any atom is 0.573 e. The molecule has 2 aromatic carbocycles. The molecule has 0 saturated heterocycles. The van der Waals surface area contributed by atoms with Crippen LogP contribution >= 0.6 is 0 Å². The second kappa shape index (κ2) is 15.2. The molecule has 33 heavy (non-hydrogen) atoms. The molecule has 2 aromatic rings. The first-order chi connectivity index (χ1) is 15.3. The normalized spacial score (nSPS) is 11.8. The predicted molar refractivity (Wildman–Crippen MR) is 119 cm³/mol. The van der Waals surface area contributed by atoms with E-state index >= 15 is 0 Å². The number of allylic oxidation sites excluding steroid dienone is 1. The van der Waals surface area contributed by atoms with E-state index in [1.165, 1.54) is 24.3 Å². The molecule has 1 atom stereocenters. The summed E-state index contributed by atoms with van der Waals surface area (Å²) in [4.78, 5) is 0. The zero-order valence-electron chi connectivity index (χ0n) is 19.4. The zero-order valence-corrected chi connectivity index (χ0v) is 19.4. The van der Waals surface area contributed by atoms with Gasteiger partial charge in [0.05, 0.1) is 0 Å². The molecule has 0 saturated carbocycles. The molecule has 0 aromatic heterocycles. The Bertz CT molecular complexity index is 765. The summed E-state index contributed by atoms with van der Waals surface area (Å²) in [5, 5.41) is 0. The third-order valence-electron chi connectivity index (χ3n) is 4.26. The number of hydrogen-bond donors (Lipinski definition) is 0. The molecule has 2 nitrogen and oxygen atoms in total. The van der Waals surface area contributed by atoms with Crippen molar-refractivity contribution in [3.8, 4) is 11.5 Å². The lowest BCUT2D eigenvalue weighted by Gasteiger charge is -2.12. The van der Waals surface area contributed by atoms with E-state index in [1.807, 2.05) is 13.0 Å². The number of aryl methyl sites for hydroxylation is 1. The summed E-state index contributed by atoms with van der Waals surface area (Å²) in [6.45, 7) is 11.6. The number of rotatable bonds is 7. The van der Waals surface area contributed by atoms with E-state index in [4.69, 9.17) is 0 Å². The van der Waals surface area contributed by atoms with Gasteiger partial charge < -0.3 is 9.47 Å². The molecule has 2 rings (SSSR count). The molecule has 0 amide bonds. The van der Waals surface area contributed by atoms with E-state index in [9.17, 15) is 26.3 Å². The zero-order chi connectivity index (χ0) is 25.5. The second-order valence-electron chi connectivity index (χ2n) is 7.05. The lowest BCUT2D eigenvalue weighted by atomic mass is 9.97. The van der Waals surface area contributed by atoms with Crippen LogP contribution in [0, 0.1) is 0 Å². The van der Waals surface area contributed by atoms with Crippen molar-refractivity contribution >= 4 is 0 Å². The molecule has 0 aliphatic carbocycles. The Balaban J connectivity index is 0.000000542. The SMILES string of the molecule is C=CCC.CCC[C@@H](C)c1ccc(OC(F)(F)F)cc1.CCc1ccc(OC(F)(F)F)cc1. The lowest BCUT2D eigenvalue weighted by molar-refractivity contribution is -0.275. The van der Waals surface area contributed by atoms with Crippen molar-refractivity contribution in [2.45, 2.75) is 72.0 Å². The van der Waals surface area contributed by atoms with E-state index in [1.54, 1.807) is 24.3 Å². The molecule has 8 heteroatoms. The fourth-order valence-corrected chi connectivity index (χ4v) is 2.52. The standard InChI is InChI=1S/C12H15F3O.C9H9F3O.C4H8/c1-3-4-9(2)10-5-7-11(8-6-10)16-12(13,14)15;1-2-7-3-5-8(6-4-7)13-9(10,11)12;1-3-4-2/h5-9H,3-4H2,1-2H3;3-6H,2H2,1H3;3H,1,4H2,2H3/t9-;;/m1../s1. The van der Waals surface area contributed by atoms with Crippen LogP contribution in [-0.2, 0) is 6.42 Å². The van der Waals surface area contributed by atoms with E-state index in [-0.39, 0.29) is 11.5 Å². The Morgan fingerprint density at radius 3 is 1.48 bits per heavy atom. The van der Waals surface area contributed by atoms with Crippen LogP contribution in [0.1, 0.15) is 64.0 Å². The lowest BCUT2D eigenvalue weighted by Crippen LogP contribution is -2.17. The minimum atomic E-state index is -4.61. The number of benzene rings is 2. The fraction of sp³-hybridized carbons (Fsp3) is 0.440. The van der Waals surface area contributed by atoms with Crippen molar-refractivity contribution < 1.29 is 35.8 Å². The molecule has 0 unspecified atom stereocenters. The summed E-state index contributed by atoms with van der Waals surface area (Å²) < 4.78 is 78.3. The van der Waals surface area contributed by atoms with Gasteiger partial charge in [-0.2, -0.15) is 0 Å². The topological polar surface area (TPSA) is 18.5 Å². The van der Waals surface area contributed by atoms with Crippen molar-refractivity contribution in [2.24, 2.45) is 0 Å². The molecule has 0 radical (unpaired) electrons. The largest absolute Gasteiger partial charge is 0.573 e. The molecule has 0 fully saturated rings. The highest BCUT2D eigenvalue weighted by atomic mass is 19.4. The molecule has 0 aliphatic heterocycles. The molecule has 0 N–H and O–H groups in total. The Morgan fingerprint density at radius 2 is 1.18 bits per heavy atom. The quantitative estimate of drug-likeness (QED) is 0.292. The molecular formula is C25H32F6O2. The highest BCUT2D eigenvalue weighted by Gasteiger charge is 2.31. The first kappa shape index (κ1) is 30.4. The van der Waals surface area contributed by atoms with Gasteiger partial charge in [0.25, 0.3) is 0 Å². The molecule has 186 valence electrons. The van der Waals surface area contributed by atoms with Gasteiger partial charge in [-0.15, -0.1) is 32.9 Å². The van der Waals surface area contributed by atoms with E-state index in [0.717, 1.165) is 36.8 Å². The van der Waals surface area contributed by atoms with Crippen molar-refractivity contribution in [2.75, 3.05) is 0 Å². The second-order valence-corrected chi connectivity index (χ2v) is 7.05. The number of halogens is 6. The average molecular weight is 479 g/mol. The van der Waals surface area contributed by atoms with Crippen LogP contribution < -0.4 is 9.47 Å². The third-order valence-corrected chi connectivity index (χ3v) is 4.26. The van der Waals surface area contributed by atoms with Crippen molar-refractivity contribution in [1.29, 1.82) is 0 Å². The Morgan fingerprint density at radius 1 is 0.788 bits per heavy atom. The first-order valence-corrected chi connectivity index (χ1v) is 10.7. The van der Waals surface area contributed by atoms with Crippen molar-refractivity contribution in [1.82, 2.24) is 0 Å². The summed E-state index contributed by atoms with van der Waals surface area (Å²) >= 11 is 0. The summed E-state index contributed by atoms with van der Waals surface area (Å²) in [6, 6.07) is 11.9. The van der Waals surface area contributed by atoms with Crippen LogP contribution in [0.4, 0.5) is 26.3 Å². The van der Waals surface area contributed by atoms with Gasteiger partial charge in [0.2, 0.25) is 0 Å². The van der Waals surface area contributed by atoms with Crippen LogP contribution in [-0.4, -0.2) is 12.7 Å². The molecule has 0 spiro atoms. The monoisotopic (exact) mass is 478 g/mol.